The van der Waals surface area contributed by atoms with E-state index in [1.165, 1.54) is 4.90 Å². The molecule has 0 radical (unpaired) electrons. The van der Waals surface area contributed by atoms with Crippen LogP contribution in [0.4, 0.5) is 10.6 Å². The van der Waals surface area contributed by atoms with Gasteiger partial charge in [0.05, 0.1) is 5.56 Å². The number of ketones is 1. The molecule has 2 rings (SSSR count). The Balaban J connectivity index is 2.48. The maximum absolute atomic E-state index is 12.5. The summed E-state index contributed by atoms with van der Waals surface area (Å²) in [7, 11) is 0. The molecule has 6 heteroatoms. The molecule has 0 saturated carbocycles. The highest BCUT2D eigenvalue weighted by Gasteiger charge is 2.42. The summed E-state index contributed by atoms with van der Waals surface area (Å²) in [6, 6.07) is 3.39. The lowest BCUT2D eigenvalue weighted by molar-refractivity contribution is 0.0553. The molecule has 0 bridgehead atoms. The molecule has 0 spiro atoms. The fraction of sp³-hybridized carbons (Fsp3) is 0.533. The van der Waals surface area contributed by atoms with E-state index in [1.807, 2.05) is 13.8 Å². The smallest absolute Gasteiger partial charge is 0.416 e. The van der Waals surface area contributed by atoms with Crippen molar-refractivity contribution in [1.29, 1.82) is 0 Å². The number of carbonyl (C=O) groups excluding carboxylic acids is 2. The topological polar surface area (TPSA) is 59.5 Å². The zero-order chi connectivity index (χ0) is 16.0. The molecule has 0 aromatic carbocycles. The minimum Gasteiger partial charge on any atom is -0.443 e. The van der Waals surface area contributed by atoms with Crippen molar-refractivity contribution in [3.05, 3.63) is 22.3 Å². The Bertz CT molecular complexity index is 605. The predicted octanol–water partition coefficient (Wildman–Crippen LogP) is 3.81. The zero-order valence-electron chi connectivity index (χ0n) is 12.9. The van der Waals surface area contributed by atoms with Crippen molar-refractivity contribution < 1.29 is 14.3 Å². The van der Waals surface area contributed by atoms with Gasteiger partial charge in [0.2, 0.25) is 0 Å². The molecule has 2 heterocycles. The normalized spacial score (nSPS) is 17.4. The van der Waals surface area contributed by atoms with Gasteiger partial charge in [-0.15, -0.1) is 0 Å². The Morgan fingerprint density at radius 2 is 2.00 bits per heavy atom. The number of carbonyl (C=O) groups is 2. The molecule has 5 nitrogen and oxygen atoms in total. The largest absolute Gasteiger partial charge is 0.443 e. The van der Waals surface area contributed by atoms with Crippen molar-refractivity contribution in [3.8, 4) is 0 Å². The second-order valence-electron chi connectivity index (χ2n) is 6.78. The van der Waals surface area contributed by atoms with Crippen molar-refractivity contribution in [1.82, 2.24) is 4.98 Å². The standard InChI is InChI=1S/C15H19BrN2O3/c1-14(2,3)21-13(20)18-8-15(4,5)11(19)9-6-7-10(16)17-12(9)18/h6-7H,8H2,1-5H3. The summed E-state index contributed by atoms with van der Waals surface area (Å²) in [6.07, 6.45) is -0.491. The number of rotatable bonds is 0. The Morgan fingerprint density at radius 1 is 1.38 bits per heavy atom. The van der Waals surface area contributed by atoms with Crippen LogP contribution in [0.3, 0.4) is 0 Å². The first-order valence-electron chi connectivity index (χ1n) is 6.73. The number of halogens is 1. The number of anilines is 1. The van der Waals surface area contributed by atoms with Crippen LogP contribution in [0.25, 0.3) is 0 Å². The lowest BCUT2D eigenvalue weighted by Gasteiger charge is -2.37. The summed E-state index contributed by atoms with van der Waals surface area (Å²) in [5.74, 6) is 0.334. The Hall–Kier alpha value is -1.43. The number of pyridine rings is 1. The van der Waals surface area contributed by atoms with E-state index in [9.17, 15) is 9.59 Å². The molecule has 114 valence electrons. The molecular weight excluding hydrogens is 336 g/mol. The molecule has 1 aromatic heterocycles. The van der Waals surface area contributed by atoms with Crippen molar-refractivity contribution in [2.75, 3.05) is 11.4 Å². The summed E-state index contributed by atoms with van der Waals surface area (Å²) < 4.78 is 5.99. The fourth-order valence-electron chi connectivity index (χ4n) is 2.18. The Labute approximate surface area is 132 Å². The van der Waals surface area contributed by atoms with Gasteiger partial charge in [0.15, 0.2) is 5.78 Å². The van der Waals surface area contributed by atoms with E-state index in [2.05, 4.69) is 20.9 Å². The average Bonchev–Trinajstić information content (AvgIpc) is 2.31. The molecule has 0 atom stereocenters. The van der Waals surface area contributed by atoms with Gasteiger partial charge in [0.1, 0.15) is 16.0 Å². The van der Waals surface area contributed by atoms with Gasteiger partial charge in [-0.05, 0) is 48.8 Å². The summed E-state index contributed by atoms with van der Waals surface area (Å²) in [6.45, 7) is 9.30. The highest BCUT2D eigenvalue weighted by molar-refractivity contribution is 9.10. The van der Waals surface area contributed by atoms with Crippen molar-refractivity contribution >= 4 is 33.6 Å². The quantitative estimate of drug-likeness (QED) is 0.664. The summed E-state index contributed by atoms with van der Waals surface area (Å²) in [5, 5.41) is 0. The van der Waals surface area contributed by atoms with Crippen molar-refractivity contribution in [3.63, 3.8) is 0 Å². The fourth-order valence-corrected chi connectivity index (χ4v) is 2.48. The van der Waals surface area contributed by atoms with E-state index in [4.69, 9.17) is 4.74 Å². The molecular formula is C15H19BrN2O3. The van der Waals surface area contributed by atoms with E-state index in [-0.39, 0.29) is 12.3 Å². The van der Waals surface area contributed by atoms with E-state index in [1.54, 1.807) is 32.9 Å². The van der Waals surface area contributed by atoms with Crippen LogP contribution in [-0.2, 0) is 4.74 Å². The number of hydrogen-bond donors (Lipinski definition) is 0. The van der Waals surface area contributed by atoms with Crippen molar-refractivity contribution in [2.45, 2.75) is 40.2 Å². The second kappa shape index (κ2) is 5.09. The Morgan fingerprint density at radius 3 is 2.57 bits per heavy atom. The molecule has 0 fully saturated rings. The molecule has 1 aromatic rings. The average molecular weight is 355 g/mol. The first-order chi connectivity index (χ1) is 9.51. The maximum atomic E-state index is 12.5. The van der Waals surface area contributed by atoms with E-state index >= 15 is 0 Å². The highest BCUT2D eigenvalue weighted by atomic mass is 79.9. The van der Waals surface area contributed by atoms with Crippen LogP contribution in [0, 0.1) is 5.41 Å². The number of ether oxygens (including phenoxy) is 1. The third-order valence-electron chi connectivity index (χ3n) is 3.12. The van der Waals surface area contributed by atoms with Crippen LogP contribution in [0.15, 0.2) is 16.7 Å². The number of aromatic nitrogens is 1. The highest BCUT2D eigenvalue weighted by Crippen LogP contribution is 2.36. The van der Waals surface area contributed by atoms with E-state index in [0.29, 0.717) is 16.0 Å². The van der Waals surface area contributed by atoms with Gasteiger partial charge >= 0.3 is 6.09 Å². The number of Topliss-reactive ketones (excluding diaryl/α,β-unsaturated/α-hetero) is 1. The molecule has 1 amide bonds. The van der Waals surface area contributed by atoms with E-state index in [0.717, 1.165) is 0 Å². The van der Waals surface area contributed by atoms with Gasteiger partial charge in [-0.25, -0.2) is 9.78 Å². The first-order valence-corrected chi connectivity index (χ1v) is 7.52. The van der Waals surface area contributed by atoms with Gasteiger partial charge in [0, 0.05) is 12.0 Å². The first kappa shape index (κ1) is 15.9. The summed E-state index contributed by atoms with van der Waals surface area (Å²) in [5.41, 5.74) is -0.825. The zero-order valence-corrected chi connectivity index (χ0v) is 14.4. The van der Waals surface area contributed by atoms with Crippen molar-refractivity contribution in [2.24, 2.45) is 5.41 Å². The number of fused-ring (bicyclic) bond motifs is 1. The van der Waals surface area contributed by atoms with Crippen LogP contribution in [-0.4, -0.2) is 29.0 Å². The molecule has 0 aliphatic carbocycles. The maximum Gasteiger partial charge on any atom is 0.416 e. The van der Waals surface area contributed by atoms with Crippen LogP contribution in [0.1, 0.15) is 45.0 Å². The van der Waals surface area contributed by atoms with Crippen LogP contribution in [0.2, 0.25) is 0 Å². The SMILES string of the molecule is CC(C)(C)OC(=O)N1CC(C)(C)C(=O)c2ccc(Br)nc21. The molecule has 21 heavy (non-hydrogen) atoms. The monoisotopic (exact) mass is 354 g/mol. The summed E-state index contributed by atoms with van der Waals surface area (Å²) >= 11 is 3.28. The molecule has 1 aliphatic rings. The predicted molar refractivity (Wildman–Crippen MR) is 83.6 cm³/mol. The third kappa shape index (κ3) is 3.26. The minimum absolute atomic E-state index is 0.0164. The van der Waals surface area contributed by atoms with Crippen LogP contribution < -0.4 is 4.90 Å². The minimum atomic E-state index is -0.667. The van der Waals surface area contributed by atoms with Crippen LogP contribution in [0.5, 0.6) is 0 Å². The lowest BCUT2D eigenvalue weighted by Crippen LogP contribution is -2.49. The van der Waals surface area contributed by atoms with E-state index < -0.39 is 17.1 Å². The van der Waals surface area contributed by atoms with Gasteiger partial charge in [-0.1, -0.05) is 13.8 Å². The number of nitrogens with zero attached hydrogens (tertiary/aromatic N) is 2. The van der Waals surface area contributed by atoms with Crippen LogP contribution >= 0.6 is 15.9 Å². The number of hydrogen-bond acceptors (Lipinski definition) is 4. The van der Waals surface area contributed by atoms with Gasteiger partial charge in [0.25, 0.3) is 0 Å². The Kier molecular flexibility index (Phi) is 3.86. The molecule has 0 saturated heterocycles. The third-order valence-corrected chi connectivity index (χ3v) is 3.57. The molecule has 1 aliphatic heterocycles. The number of amides is 1. The van der Waals surface area contributed by atoms with Gasteiger partial charge in [-0.2, -0.15) is 0 Å². The van der Waals surface area contributed by atoms with Gasteiger partial charge < -0.3 is 4.74 Å². The van der Waals surface area contributed by atoms with Gasteiger partial charge in [-0.3, -0.25) is 9.69 Å². The lowest BCUT2D eigenvalue weighted by atomic mass is 9.81. The molecule has 0 unspecified atom stereocenters. The summed E-state index contributed by atoms with van der Waals surface area (Å²) in [4.78, 5) is 30.6. The second-order valence-corrected chi connectivity index (χ2v) is 7.60. The molecule has 0 N–H and O–H groups in total.